The van der Waals surface area contributed by atoms with Gasteiger partial charge in [-0.25, -0.2) is 0 Å². The van der Waals surface area contributed by atoms with Crippen molar-refractivity contribution in [3.63, 3.8) is 0 Å². The molecule has 0 spiro atoms. The molecule has 4 aromatic rings. The smallest absolute Gasteiger partial charge is 0.160 e. The fraction of sp³-hybridized carbons (Fsp3) is 0.259. The van der Waals surface area contributed by atoms with Crippen LogP contribution in [0.2, 0.25) is 0 Å². The lowest BCUT2D eigenvalue weighted by molar-refractivity contribution is -0.100. The Balaban J connectivity index is 1.46. The molecule has 0 aliphatic heterocycles. The molecular formula is C27H29NO3. The third-order valence-corrected chi connectivity index (χ3v) is 5.75. The third kappa shape index (κ3) is 4.82. The van der Waals surface area contributed by atoms with Crippen LogP contribution in [0, 0.1) is 0 Å². The summed E-state index contributed by atoms with van der Waals surface area (Å²) >= 11 is 0. The van der Waals surface area contributed by atoms with Crippen LogP contribution in [0.25, 0.3) is 21.5 Å². The molecule has 0 bridgehead atoms. The predicted molar refractivity (Wildman–Crippen MR) is 128 cm³/mol. The van der Waals surface area contributed by atoms with Crippen LogP contribution < -0.4 is 10.5 Å². The zero-order chi connectivity index (χ0) is 21.6. The van der Waals surface area contributed by atoms with Gasteiger partial charge in [0.25, 0.3) is 0 Å². The lowest BCUT2D eigenvalue weighted by Gasteiger charge is -2.16. The number of anilines is 1. The van der Waals surface area contributed by atoms with E-state index in [1.54, 1.807) is 14.2 Å². The van der Waals surface area contributed by atoms with Crippen LogP contribution in [0.15, 0.2) is 72.8 Å². The summed E-state index contributed by atoms with van der Waals surface area (Å²) in [5.41, 5.74) is 9.18. The van der Waals surface area contributed by atoms with Gasteiger partial charge in [0.2, 0.25) is 0 Å². The van der Waals surface area contributed by atoms with Crippen molar-refractivity contribution in [3.05, 3.63) is 83.9 Å². The summed E-state index contributed by atoms with van der Waals surface area (Å²) in [6.45, 7) is 0.638. The Bertz CT molecular complexity index is 1110. The van der Waals surface area contributed by atoms with Gasteiger partial charge in [-0.3, -0.25) is 0 Å². The average molecular weight is 416 g/mol. The van der Waals surface area contributed by atoms with Gasteiger partial charge in [0.15, 0.2) is 6.29 Å². The number of rotatable bonds is 9. The SMILES string of the molecule is COC(Cc1cc(OCCCc2c3ccccc3cc3ccccc23)ccc1N)OC. The summed E-state index contributed by atoms with van der Waals surface area (Å²) in [5, 5.41) is 5.21. The topological polar surface area (TPSA) is 53.7 Å². The van der Waals surface area contributed by atoms with Gasteiger partial charge in [-0.15, -0.1) is 0 Å². The molecule has 4 rings (SSSR count). The van der Waals surface area contributed by atoms with Crippen LogP contribution >= 0.6 is 0 Å². The standard InChI is InChI=1S/C27H29NO3/c1-29-27(30-2)18-21-17-22(13-14-26(21)28)31-15-7-12-25-23-10-5-3-8-19(23)16-20-9-4-6-11-24(20)25/h3-6,8-11,13-14,16-17,27H,7,12,15,18,28H2,1-2H3. The highest BCUT2D eigenvalue weighted by Crippen LogP contribution is 2.29. The molecule has 4 heteroatoms. The van der Waals surface area contributed by atoms with Crippen molar-refractivity contribution >= 4 is 27.2 Å². The van der Waals surface area contributed by atoms with Crippen molar-refractivity contribution in [2.24, 2.45) is 0 Å². The van der Waals surface area contributed by atoms with E-state index in [2.05, 4.69) is 54.6 Å². The molecule has 0 saturated heterocycles. The maximum Gasteiger partial charge on any atom is 0.160 e. The van der Waals surface area contributed by atoms with Gasteiger partial charge in [-0.05, 0) is 69.8 Å². The van der Waals surface area contributed by atoms with Crippen molar-refractivity contribution in [1.82, 2.24) is 0 Å². The lowest BCUT2D eigenvalue weighted by atomic mass is 9.94. The molecule has 0 aliphatic carbocycles. The van der Waals surface area contributed by atoms with Crippen LogP contribution in [0.5, 0.6) is 5.75 Å². The molecule has 0 aliphatic rings. The van der Waals surface area contributed by atoms with Gasteiger partial charge in [0.1, 0.15) is 5.75 Å². The fourth-order valence-corrected chi connectivity index (χ4v) is 4.11. The lowest BCUT2D eigenvalue weighted by Crippen LogP contribution is -2.17. The first kappa shape index (κ1) is 21.2. The monoisotopic (exact) mass is 415 g/mol. The van der Waals surface area contributed by atoms with Crippen molar-refractivity contribution in [1.29, 1.82) is 0 Å². The number of hydrogen-bond donors (Lipinski definition) is 1. The van der Waals surface area contributed by atoms with Gasteiger partial charge < -0.3 is 19.9 Å². The number of methoxy groups -OCH3 is 2. The molecule has 4 nitrogen and oxygen atoms in total. The normalized spacial score (nSPS) is 11.5. The molecule has 0 fully saturated rings. The zero-order valence-electron chi connectivity index (χ0n) is 18.1. The summed E-state index contributed by atoms with van der Waals surface area (Å²) in [5.74, 6) is 0.818. The summed E-state index contributed by atoms with van der Waals surface area (Å²) < 4.78 is 16.7. The molecule has 0 amide bonds. The van der Waals surface area contributed by atoms with E-state index in [0.29, 0.717) is 18.7 Å². The Morgan fingerprint density at radius 2 is 1.45 bits per heavy atom. The van der Waals surface area contributed by atoms with E-state index in [4.69, 9.17) is 19.9 Å². The van der Waals surface area contributed by atoms with Crippen LogP contribution in [0.4, 0.5) is 5.69 Å². The van der Waals surface area contributed by atoms with Crippen LogP contribution in [-0.2, 0) is 22.3 Å². The number of aryl methyl sites for hydroxylation is 1. The summed E-state index contributed by atoms with van der Waals surface area (Å²) in [6.07, 6.45) is 2.14. The van der Waals surface area contributed by atoms with Gasteiger partial charge in [-0.1, -0.05) is 48.5 Å². The molecule has 160 valence electrons. The van der Waals surface area contributed by atoms with E-state index in [1.165, 1.54) is 27.1 Å². The van der Waals surface area contributed by atoms with Gasteiger partial charge in [0.05, 0.1) is 6.61 Å². The summed E-state index contributed by atoms with van der Waals surface area (Å²) in [4.78, 5) is 0. The number of benzene rings is 4. The highest BCUT2D eigenvalue weighted by molar-refractivity contribution is 6.02. The molecule has 31 heavy (non-hydrogen) atoms. The number of nitrogen functional groups attached to an aromatic ring is 1. The quantitative estimate of drug-likeness (QED) is 0.164. The van der Waals surface area contributed by atoms with E-state index in [-0.39, 0.29) is 6.29 Å². The maximum atomic E-state index is 6.12. The molecule has 0 heterocycles. The number of fused-ring (bicyclic) bond motifs is 2. The third-order valence-electron chi connectivity index (χ3n) is 5.75. The first-order valence-corrected chi connectivity index (χ1v) is 10.7. The van der Waals surface area contributed by atoms with E-state index in [1.807, 2.05) is 18.2 Å². The highest BCUT2D eigenvalue weighted by Gasteiger charge is 2.11. The Morgan fingerprint density at radius 3 is 2.10 bits per heavy atom. The first-order valence-electron chi connectivity index (χ1n) is 10.7. The second-order valence-electron chi connectivity index (χ2n) is 7.72. The van der Waals surface area contributed by atoms with Crippen molar-refractivity contribution in [2.45, 2.75) is 25.6 Å². The molecule has 0 aromatic heterocycles. The minimum absolute atomic E-state index is 0.322. The number of hydrogen-bond acceptors (Lipinski definition) is 4. The Labute approximate surface area is 183 Å². The van der Waals surface area contributed by atoms with Crippen molar-refractivity contribution < 1.29 is 14.2 Å². The molecule has 0 atom stereocenters. The van der Waals surface area contributed by atoms with E-state index in [0.717, 1.165) is 24.2 Å². The zero-order valence-corrected chi connectivity index (χ0v) is 18.1. The molecular weight excluding hydrogens is 386 g/mol. The van der Waals surface area contributed by atoms with Crippen molar-refractivity contribution in [3.8, 4) is 5.75 Å². The minimum atomic E-state index is -0.322. The van der Waals surface area contributed by atoms with E-state index in [9.17, 15) is 0 Å². The largest absolute Gasteiger partial charge is 0.494 e. The Kier molecular flexibility index (Phi) is 6.70. The van der Waals surface area contributed by atoms with E-state index >= 15 is 0 Å². The predicted octanol–water partition coefficient (Wildman–Crippen LogP) is 5.75. The minimum Gasteiger partial charge on any atom is -0.494 e. The van der Waals surface area contributed by atoms with Gasteiger partial charge in [0, 0.05) is 26.3 Å². The van der Waals surface area contributed by atoms with Crippen LogP contribution in [0.3, 0.4) is 0 Å². The molecule has 0 radical (unpaired) electrons. The molecule has 4 aromatic carbocycles. The average Bonchev–Trinajstić information content (AvgIpc) is 2.81. The molecule has 2 N–H and O–H groups in total. The first-order chi connectivity index (χ1) is 15.2. The molecule has 0 saturated carbocycles. The highest BCUT2D eigenvalue weighted by atomic mass is 16.7. The summed E-state index contributed by atoms with van der Waals surface area (Å²) in [6, 6.07) is 25.3. The fourth-order valence-electron chi connectivity index (χ4n) is 4.11. The Hall–Kier alpha value is -3.08. The van der Waals surface area contributed by atoms with Gasteiger partial charge in [-0.2, -0.15) is 0 Å². The summed E-state index contributed by atoms with van der Waals surface area (Å²) in [7, 11) is 3.25. The van der Waals surface area contributed by atoms with Crippen molar-refractivity contribution in [2.75, 3.05) is 26.6 Å². The molecule has 0 unspecified atom stereocenters. The van der Waals surface area contributed by atoms with E-state index < -0.39 is 0 Å². The van der Waals surface area contributed by atoms with Crippen LogP contribution in [-0.4, -0.2) is 27.1 Å². The second-order valence-corrected chi connectivity index (χ2v) is 7.72. The number of nitrogens with two attached hydrogens (primary N) is 1. The maximum absolute atomic E-state index is 6.12. The number of ether oxygens (including phenoxy) is 3. The van der Waals surface area contributed by atoms with Crippen LogP contribution in [0.1, 0.15) is 17.5 Å². The second kappa shape index (κ2) is 9.82. The van der Waals surface area contributed by atoms with Gasteiger partial charge >= 0.3 is 0 Å². The Morgan fingerprint density at radius 1 is 0.806 bits per heavy atom.